The molecule has 1 atom stereocenters. The number of non-ortho nitro benzene ring substituents is 1. The fourth-order valence-corrected chi connectivity index (χ4v) is 1.33. The quantitative estimate of drug-likeness (QED) is 0.396. The molecule has 0 heterocycles. The molecule has 1 aromatic carbocycles. The number of nitro benzene ring substituents is 1. The lowest BCUT2D eigenvalue weighted by atomic mass is 10.3. The van der Waals surface area contributed by atoms with Crippen LogP contribution in [0.15, 0.2) is 29.2 Å². The first-order valence-electron chi connectivity index (χ1n) is 3.19. The maximum Gasteiger partial charge on any atom is 0.274 e. The van der Waals surface area contributed by atoms with E-state index in [0.29, 0.717) is 4.90 Å². The Morgan fingerprint density at radius 2 is 2.17 bits per heavy atom. The van der Waals surface area contributed by atoms with E-state index in [2.05, 4.69) is 0 Å². The van der Waals surface area contributed by atoms with Crippen LogP contribution in [0.4, 0.5) is 5.69 Å². The summed E-state index contributed by atoms with van der Waals surface area (Å²) in [6.07, 6.45) is 1.49. The van der Waals surface area contributed by atoms with Gasteiger partial charge in [0.15, 0.2) is 4.90 Å². The standard InChI is InChI=1S/C7H7NO3S/c1-12(11)7-4-2-3-6(5-7)8(9)10/h2-5H,1H3. The van der Waals surface area contributed by atoms with E-state index >= 15 is 0 Å². The van der Waals surface area contributed by atoms with E-state index in [1.165, 1.54) is 24.5 Å². The molecule has 0 N–H and O–H groups in total. The molecule has 0 aliphatic heterocycles. The molecule has 5 heteroatoms. The van der Waals surface area contributed by atoms with Gasteiger partial charge in [0.2, 0.25) is 0 Å². The number of nitro groups is 1. The molecule has 0 aromatic heterocycles. The lowest BCUT2D eigenvalue weighted by Crippen LogP contribution is -1.97. The summed E-state index contributed by atoms with van der Waals surface area (Å²) in [4.78, 5) is 10.3. The summed E-state index contributed by atoms with van der Waals surface area (Å²) >= 11 is -1.16. The minimum Gasteiger partial charge on any atom is -0.612 e. The van der Waals surface area contributed by atoms with Crippen LogP contribution in [-0.2, 0) is 11.2 Å². The SMILES string of the molecule is C[S+]([O-])c1cccc([N+](=O)[O-])c1. The maximum absolute atomic E-state index is 10.9. The summed E-state index contributed by atoms with van der Waals surface area (Å²) < 4.78 is 10.9. The van der Waals surface area contributed by atoms with Crippen molar-refractivity contribution in [3.8, 4) is 0 Å². The van der Waals surface area contributed by atoms with Crippen molar-refractivity contribution < 1.29 is 9.48 Å². The van der Waals surface area contributed by atoms with Crippen LogP contribution in [0.5, 0.6) is 0 Å². The summed E-state index contributed by atoms with van der Waals surface area (Å²) in [5, 5.41) is 10.3. The second-order valence-electron chi connectivity index (χ2n) is 2.21. The Morgan fingerprint density at radius 3 is 2.67 bits per heavy atom. The summed E-state index contributed by atoms with van der Waals surface area (Å²) in [6.45, 7) is 0. The van der Waals surface area contributed by atoms with Gasteiger partial charge in [-0.05, 0) is 17.2 Å². The highest BCUT2D eigenvalue weighted by atomic mass is 32.2. The minimum absolute atomic E-state index is 0.0253. The van der Waals surface area contributed by atoms with Gasteiger partial charge in [-0.1, -0.05) is 6.07 Å². The summed E-state index contributed by atoms with van der Waals surface area (Å²) in [5.74, 6) is 0. The topological polar surface area (TPSA) is 66.2 Å². The Labute approximate surface area is 72.5 Å². The third-order valence-electron chi connectivity index (χ3n) is 1.36. The second-order valence-corrected chi connectivity index (χ2v) is 3.59. The normalized spacial score (nSPS) is 12.5. The van der Waals surface area contributed by atoms with E-state index < -0.39 is 16.1 Å². The fourth-order valence-electron chi connectivity index (χ4n) is 0.776. The minimum atomic E-state index is -1.16. The average molecular weight is 185 g/mol. The molecule has 64 valence electrons. The highest BCUT2D eigenvalue weighted by Crippen LogP contribution is 2.16. The van der Waals surface area contributed by atoms with Gasteiger partial charge in [0, 0.05) is 6.07 Å². The zero-order chi connectivity index (χ0) is 9.14. The van der Waals surface area contributed by atoms with Crippen molar-refractivity contribution >= 4 is 16.9 Å². The zero-order valence-electron chi connectivity index (χ0n) is 6.39. The molecular formula is C7H7NO3S. The lowest BCUT2D eigenvalue weighted by molar-refractivity contribution is -0.385. The first kappa shape index (κ1) is 9.02. The monoisotopic (exact) mass is 185 g/mol. The first-order chi connectivity index (χ1) is 5.61. The van der Waals surface area contributed by atoms with Gasteiger partial charge in [-0.15, -0.1) is 0 Å². The smallest absolute Gasteiger partial charge is 0.274 e. The fraction of sp³-hybridized carbons (Fsp3) is 0.143. The van der Waals surface area contributed by atoms with Crippen LogP contribution >= 0.6 is 0 Å². The van der Waals surface area contributed by atoms with Crippen LogP contribution in [0.25, 0.3) is 0 Å². The Kier molecular flexibility index (Phi) is 2.67. The molecule has 4 nitrogen and oxygen atoms in total. The van der Waals surface area contributed by atoms with Crippen LogP contribution < -0.4 is 0 Å². The number of hydrogen-bond acceptors (Lipinski definition) is 3. The molecule has 1 rings (SSSR count). The van der Waals surface area contributed by atoms with Gasteiger partial charge in [-0.25, -0.2) is 0 Å². The molecule has 0 saturated carbocycles. The Morgan fingerprint density at radius 1 is 1.50 bits per heavy atom. The third-order valence-corrected chi connectivity index (χ3v) is 2.28. The van der Waals surface area contributed by atoms with E-state index in [1.54, 1.807) is 6.07 Å². The Bertz CT molecular complexity index is 300. The number of benzene rings is 1. The molecule has 0 aliphatic rings. The number of hydrogen-bond donors (Lipinski definition) is 0. The predicted octanol–water partition coefficient (Wildman–Crippen LogP) is 1.33. The molecule has 1 aromatic rings. The number of rotatable bonds is 2. The van der Waals surface area contributed by atoms with Crippen molar-refractivity contribution in [1.29, 1.82) is 0 Å². The molecule has 0 spiro atoms. The molecule has 0 radical (unpaired) electrons. The van der Waals surface area contributed by atoms with Gasteiger partial charge >= 0.3 is 0 Å². The first-order valence-corrected chi connectivity index (χ1v) is 4.75. The van der Waals surface area contributed by atoms with Crippen LogP contribution in [0.1, 0.15) is 0 Å². The van der Waals surface area contributed by atoms with Crippen molar-refractivity contribution in [2.24, 2.45) is 0 Å². The van der Waals surface area contributed by atoms with Crippen molar-refractivity contribution in [2.45, 2.75) is 4.90 Å². The van der Waals surface area contributed by atoms with Gasteiger partial charge in [-0.3, -0.25) is 10.1 Å². The van der Waals surface area contributed by atoms with Gasteiger partial charge in [0.1, 0.15) is 6.26 Å². The van der Waals surface area contributed by atoms with Gasteiger partial charge in [0.05, 0.1) is 11.0 Å². The van der Waals surface area contributed by atoms with Crippen LogP contribution in [0.3, 0.4) is 0 Å². The van der Waals surface area contributed by atoms with Crippen LogP contribution in [0.2, 0.25) is 0 Å². The Balaban J connectivity index is 3.04. The molecule has 0 aliphatic carbocycles. The molecular weight excluding hydrogens is 178 g/mol. The largest absolute Gasteiger partial charge is 0.612 e. The van der Waals surface area contributed by atoms with Crippen LogP contribution in [-0.4, -0.2) is 15.7 Å². The number of nitrogens with zero attached hydrogens (tertiary/aromatic N) is 1. The van der Waals surface area contributed by atoms with E-state index in [0.717, 1.165) is 0 Å². The van der Waals surface area contributed by atoms with Crippen molar-refractivity contribution in [2.75, 3.05) is 6.26 Å². The maximum atomic E-state index is 10.9. The van der Waals surface area contributed by atoms with Gasteiger partial charge < -0.3 is 4.55 Å². The third kappa shape index (κ3) is 1.96. The molecule has 0 saturated heterocycles. The van der Waals surface area contributed by atoms with Gasteiger partial charge in [-0.2, -0.15) is 0 Å². The molecule has 12 heavy (non-hydrogen) atoms. The van der Waals surface area contributed by atoms with E-state index in [1.807, 2.05) is 0 Å². The highest BCUT2D eigenvalue weighted by molar-refractivity contribution is 7.90. The summed E-state index contributed by atoms with van der Waals surface area (Å²) in [5.41, 5.74) is -0.0253. The summed E-state index contributed by atoms with van der Waals surface area (Å²) in [6, 6.07) is 5.81. The van der Waals surface area contributed by atoms with E-state index in [4.69, 9.17) is 0 Å². The van der Waals surface area contributed by atoms with E-state index in [9.17, 15) is 14.7 Å². The second kappa shape index (κ2) is 3.55. The van der Waals surface area contributed by atoms with Crippen molar-refractivity contribution in [3.05, 3.63) is 34.4 Å². The van der Waals surface area contributed by atoms with Crippen LogP contribution in [0, 0.1) is 10.1 Å². The van der Waals surface area contributed by atoms with Crippen molar-refractivity contribution in [1.82, 2.24) is 0 Å². The molecule has 0 fully saturated rings. The molecule has 0 bridgehead atoms. The van der Waals surface area contributed by atoms with E-state index in [-0.39, 0.29) is 5.69 Å². The molecule has 0 amide bonds. The predicted molar refractivity (Wildman–Crippen MR) is 45.4 cm³/mol. The Hall–Kier alpha value is -1.07. The average Bonchev–Trinajstić information content (AvgIpc) is 2.04. The highest BCUT2D eigenvalue weighted by Gasteiger charge is 2.10. The molecule has 1 unspecified atom stereocenters. The summed E-state index contributed by atoms with van der Waals surface area (Å²) in [7, 11) is 0. The van der Waals surface area contributed by atoms with Crippen molar-refractivity contribution in [3.63, 3.8) is 0 Å². The lowest BCUT2D eigenvalue weighted by Gasteiger charge is -2.02. The van der Waals surface area contributed by atoms with Gasteiger partial charge in [0.25, 0.3) is 5.69 Å². The zero-order valence-corrected chi connectivity index (χ0v) is 7.21.